The number of hydrogen-bond donors (Lipinski definition) is 1. The van der Waals surface area contributed by atoms with E-state index < -0.39 is 5.97 Å². The molecule has 0 aromatic heterocycles. The Bertz CT molecular complexity index is 307. The molecule has 164 valence electrons. The van der Waals surface area contributed by atoms with Gasteiger partial charge in [-0.2, -0.15) is 5.26 Å². The fourth-order valence-electron chi connectivity index (χ4n) is 3.58. The summed E-state index contributed by atoms with van der Waals surface area (Å²) in [4.78, 5) is 9.00. The van der Waals surface area contributed by atoms with Gasteiger partial charge in [-0.1, -0.05) is 98.9 Å². The lowest BCUT2D eigenvalue weighted by Crippen LogP contribution is -2.10. The number of hydrogen-bond acceptors (Lipinski definition) is 2. The van der Waals surface area contributed by atoms with Gasteiger partial charge in [0.1, 0.15) is 0 Å². The summed E-state index contributed by atoms with van der Waals surface area (Å²) in [6.45, 7) is 30.7. The van der Waals surface area contributed by atoms with E-state index in [1.165, 1.54) is 6.92 Å². The smallest absolute Gasteiger partial charge is 0.300 e. The molecule has 0 bridgehead atoms. The topological polar surface area (TPSA) is 61.1 Å². The average molecular weight is 422 g/mol. The highest BCUT2D eigenvalue weighted by molar-refractivity contribution is 7.60. The minimum Gasteiger partial charge on any atom is -0.481 e. The highest BCUT2D eigenvalue weighted by Gasteiger charge is 2.20. The average Bonchev–Trinajstić information content (AvgIpc) is 2.35. The first-order chi connectivity index (χ1) is 12.1. The predicted octanol–water partition coefficient (Wildman–Crippen LogP) is 8.01. The molecule has 0 aliphatic carbocycles. The Morgan fingerprint density at radius 3 is 0.741 bits per heavy atom. The summed E-state index contributed by atoms with van der Waals surface area (Å²) in [6, 6.07) is 1.75. The SMILES string of the molecule is CC#N.CC(=O)O.CC(C)P(C(C)C)C(C)C.CC(C)P(C(C)C)C(C)C. The fourth-order valence-corrected chi connectivity index (χ4v) is 10.7. The standard InChI is InChI=1S/2C9H21P.C2H3N.C2H4O2/c2*1-7(2)10(8(3)4)9(5)6;1-2-3;1-2(3)4/h2*7-9H,1-6H3;1H3;1H3,(H,3,4). The number of carboxylic acid groups (broad SMARTS) is 1. The van der Waals surface area contributed by atoms with E-state index in [1.807, 2.05) is 0 Å². The van der Waals surface area contributed by atoms with Crippen LogP contribution in [0.3, 0.4) is 0 Å². The number of carboxylic acids is 1. The van der Waals surface area contributed by atoms with E-state index in [4.69, 9.17) is 15.2 Å². The van der Waals surface area contributed by atoms with Crippen molar-refractivity contribution in [3.8, 4) is 6.07 Å². The van der Waals surface area contributed by atoms with Crippen molar-refractivity contribution in [3.05, 3.63) is 0 Å². The summed E-state index contributed by atoms with van der Waals surface area (Å²) in [5.41, 5.74) is 5.39. The van der Waals surface area contributed by atoms with Crippen molar-refractivity contribution in [1.29, 1.82) is 5.26 Å². The van der Waals surface area contributed by atoms with Crippen LogP contribution in [0, 0.1) is 11.3 Å². The molecule has 0 aromatic carbocycles. The molecule has 0 aromatic rings. The van der Waals surface area contributed by atoms with Gasteiger partial charge in [-0.15, -0.1) is 0 Å². The van der Waals surface area contributed by atoms with Crippen LogP contribution in [0.5, 0.6) is 0 Å². The van der Waals surface area contributed by atoms with Crippen molar-refractivity contribution >= 4 is 21.8 Å². The van der Waals surface area contributed by atoms with Crippen molar-refractivity contribution in [2.75, 3.05) is 0 Å². The van der Waals surface area contributed by atoms with Gasteiger partial charge in [0.2, 0.25) is 0 Å². The molecule has 0 radical (unpaired) electrons. The van der Waals surface area contributed by atoms with Gasteiger partial charge in [0.05, 0.1) is 6.07 Å². The van der Waals surface area contributed by atoms with Crippen LogP contribution in [0.1, 0.15) is 96.9 Å². The molecule has 0 spiro atoms. The first kappa shape index (κ1) is 34.3. The Hall–Kier alpha value is -0.180. The van der Waals surface area contributed by atoms with Gasteiger partial charge in [0.25, 0.3) is 5.97 Å². The van der Waals surface area contributed by atoms with Crippen molar-refractivity contribution in [3.63, 3.8) is 0 Å². The quantitative estimate of drug-likeness (QED) is 0.442. The summed E-state index contributed by atoms with van der Waals surface area (Å²) in [5.74, 6) is -0.833. The van der Waals surface area contributed by atoms with E-state index in [-0.39, 0.29) is 15.8 Å². The normalized spacial score (nSPS) is 10.6. The summed E-state index contributed by atoms with van der Waals surface area (Å²) in [7, 11) is 0.525. The van der Waals surface area contributed by atoms with Crippen LogP contribution in [-0.2, 0) is 4.79 Å². The number of nitrogens with zero attached hydrogens (tertiary/aromatic N) is 1. The maximum absolute atomic E-state index is 9.00. The minimum absolute atomic E-state index is 0.262. The molecule has 0 fully saturated rings. The Morgan fingerprint density at radius 1 is 0.667 bits per heavy atom. The molecule has 1 N–H and O–H groups in total. The molecule has 3 nitrogen and oxygen atoms in total. The molecule has 0 aliphatic heterocycles. The van der Waals surface area contributed by atoms with Crippen LogP contribution < -0.4 is 0 Å². The number of carbonyl (C=O) groups is 1. The van der Waals surface area contributed by atoms with E-state index in [0.717, 1.165) is 40.9 Å². The number of aliphatic carboxylic acids is 1. The number of rotatable bonds is 6. The monoisotopic (exact) mass is 421 g/mol. The molecule has 0 heterocycles. The van der Waals surface area contributed by atoms with Crippen molar-refractivity contribution in [2.24, 2.45) is 0 Å². The van der Waals surface area contributed by atoms with Gasteiger partial charge in [0.15, 0.2) is 0 Å². The largest absolute Gasteiger partial charge is 0.481 e. The molecular weight excluding hydrogens is 372 g/mol. The summed E-state index contributed by atoms with van der Waals surface area (Å²) < 4.78 is 0. The van der Waals surface area contributed by atoms with E-state index in [9.17, 15) is 0 Å². The highest BCUT2D eigenvalue weighted by Crippen LogP contribution is 2.50. The molecule has 0 amide bonds. The summed E-state index contributed by atoms with van der Waals surface area (Å²) >= 11 is 0. The van der Waals surface area contributed by atoms with Gasteiger partial charge in [-0.25, -0.2) is 0 Å². The lowest BCUT2D eigenvalue weighted by molar-refractivity contribution is -0.134. The van der Waals surface area contributed by atoms with E-state index in [1.54, 1.807) is 6.07 Å². The molecule has 0 saturated carbocycles. The second kappa shape index (κ2) is 20.6. The van der Waals surface area contributed by atoms with Gasteiger partial charge < -0.3 is 5.11 Å². The molecule has 0 rings (SSSR count). The summed E-state index contributed by atoms with van der Waals surface area (Å²) in [5, 5.41) is 14.7. The second-order valence-corrected chi connectivity index (χ2v) is 16.2. The van der Waals surface area contributed by atoms with E-state index in [0.29, 0.717) is 0 Å². The van der Waals surface area contributed by atoms with Crippen molar-refractivity contribution in [1.82, 2.24) is 0 Å². The Kier molecular flexibility index (Phi) is 26.1. The van der Waals surface area contributed by atoms with Crippen LogP contribution in [-0.4, -0.2) is 45.0 Å². The first-order valence-electron chi connectivity index (χ1n) is 10.1. The lowest BCUT2D eigenvalue weighted by atomic mass is 10.5. The zero-order valence-corrected chi connectivity index (χ0v) is 22.5. The first-order valence-corrected chi connectivity index (χ1v) is 13.2. The van der Waals surface area contributed by atoms with Gasteiger partial charge in [-0.05, 0) is 34.0 Å². The maximum atomic E-state index is 9.00. The molecule has 27 heavy (non-hydrogen) atoms. The van der Waals surface area contributed by atoms with Crippen LogP contribution in [0.4, 0.5) is 0 Å². The zero-order chi connectivity index (χ0) is 22.9. The van der Waals surface area contributed by atoms with Crippen LogP contribution >= 0.6 is 15.8 Å². The third-order valence-electron chi connectivity index (χ3n) is 3.58. The molecule has 0 saturated heterocycles. The van der Waals surface area contributed by atoms with Crippen molar-refractivity contribution in [2.45, 2.75) is 131 Å². The third kappa shape index (κ3) is 25.8. The molecule has 0 atom stereocenters. The molecule has 0 aliphatic rings. The third-order valence-corrected chi connectivity index (χ3v) is 10.7. The van der Waals surface area contributed by atoms with Crippen LogP contribution in [0.25, 0.3) is 0 Å². The fraction of sp³-hybridized carbons (Fsp3) is 0.909. The second-order valence-electron chi connectivity index (χ2n) is 8.20. The molecule has 0 unspecified atom stereocenters. The van der Waals surface area contributed by atoms with Crippen LogP contribution in [0.15, 0.2) is 0 Å². The predicted molar refractivity (Wildman–Crippen MR) is 129 cm³/mol. The molecular formula is C22H49NO2P2. The Labute approximate surface area is 174 Å². The van der Waals surface area contributed by atoms with Gasteiger partial charge >= 0.3 is 0 Å². The highest BCUT2D eigenvalue weighted by atomic mass is 31.1. The minimum atomic E-state index is -0.833. The van der Waals surface area contributed by atoms with E-state index in [2.05, 4.69) is 83.1 Å². The molecule has 5 heteroatoms. The Balaban J connectivity index is -0.000000146. The summed E-state index contributed by atoms with van der Waals surface area (Å²) in [6.07, 6.45) is 0. The van der Waals surface area contributed by atoms with Crippen molar-refractivity contribution < 1.29 is 9.90 Å². The maximum Gasteiger partial charge on any atom is 0.300 e. The lowest BCUT2D eigenvalue weighted by Gasteiger charge is -2.29. The Morgan fingerprint density at radius 2 is 0.741 bits per heavy atom. The van der Waals surface area contributed by atoms with E-state index >= 15 is 0 Å². The van der Waals surface area contributed by atoms with Gasteiger partial charge in [-0.3, -0.25) is 4.79 Å². The van der Waals surface area contributed by atoms with Crippen LogP contribution in [0.2, 0.25) is 0 Å². The number of nitriles is 1. The van der Waals surface area contributed by atoms with Gasteiger partial charge in [0, 0.05) is 13.8 Å². The zero-order valence-electron chi connectivity index (χ0n) is 20.7.